The van der Waals surface area contributed by atoms with E-state index in [0.717, 1.165) is 9.26 Å². The second-order valence-corrected chi connectivity index (χ2v) is 7.49. The van der Waals surface area contributed by atoms with Crippen molar-refractivity contribution in [2.24, 2.45) is 0 Å². The Labute approximate surface area is 163 Å². The molecule has 3 rings (SSSR count). The largest absolute Gasteiger partial charge is 0.325 e. The number of halogens is 1. The van der Waals surface area contributed by atoms with Gasteiger partial charge < -0.3 is 5.32 Å². The predicted octanol–water partition coefficient (Wildman–Crippen LogP) is 3.75. The Kier molecular flexibility index (Phi) is 5.74. The van der Waals surface area contributed by atoms with E-state index in [-0.39, 0.29) is 17.2 Å². The lowest BCUT2D eigenvalue weighted by atomic mass is 10.2. The molecule has 0 atom stereocenters. The minimum absolute atomic E-state index is 0.0753. The van der Waals surface area contributed by atoms with Crippen LogP contribution in [-0.4, -0.2) is 21.2 Å². The minimum Gasteiger partial charge on any atom is -0.325 e. The third kappa shape index (κ3) is 4.21. The number of carbonyl (C=O) groups is 1. The summed E-state index contributed by atoms with van der Waals surface area (Å²) in [4.78, 5) is 29.3. The molecule has 0 aliphatic carbocycles. The summed E-state index contributed by atoms with van der Waals surface area (Å²) >= 11 is 3.48. The molecule has 1 amide bonds. The summed E-state index contributed by atoms with van der Waals surface area (Å²) in [5, 5.41) is 4.00. The highest BCUT2D eigenvalue weighted by molar-refractivity contribution is 14.1. The predicted molar refractivity (Wildman–Crippen MR) is 110 cm³/mol. The quantitative estimate of drug-likeness (QED) is 0.354. The fourth-order valence-corrected chi connectivity index (χ4v) is 3.62. The molecule has 25 heavy (non-hydrogen) atoms. The lowest BCUT2D eigenvalue weighted by Gasteiger charge is -2.11. The van der Waals surface area contributed by atoms with Crippen LogP contribution in [-0.2, 0) is 11.3 Å². The van der Waals surface area contributed by atoms with Crippen LogP contribution in [0.5, 0.6) is 0 Å². The highest BCUT2D eigenvalue weighted by Crippen LogP contribution is 2.18. The van der Waals surface area contributed by atoms with E-state index >= 15 is 0 Å². The molecular weight excluding hydrogens is 449 g/mol. The summed E-state index contributed by atoms with van der Waals surface area (Å²) in [6.07, 6.45) is 0. The number of hydrogen-bond donors (Lipinski definition) is 1. The zero-order chi connectivity index (χ0) is 17.8. The molecule has 1 N–H and O–H groups in total. The number of nitrogens with one attached hydrogen (secondary N) is 1. The van der Waals surface area contributed by atoms with Gasteiger partial charge in [-0.1, -0.05) is 23.9 Å². The molecule has 0 aliphatic heterocycles. The van der Waals surface area contributed by atoms with E-state index in [4.69, 9.17) is 0 Å². The van der Waals surface area contributed by atoms with Crippen LogP contribution in [0.25, 0.3) is 10.9 Å². The van der Waals surface area contributed by atoms with Gasteiger partial charge in [0, 0.05) is 15.8 Å². The Morgan fingerprint density at radius 1 is 1.20 bits per heavy atom. The second kappa shape index (κ2) is 8.01. The van der Waals surface area contributed by atoms with Crippen LogP contribution in [0.2, 0.25) is 0 Å². The zero-order valence-electron chi connectivity index (χ0n) is 13.5. The van der Waals surface area contributed by atoms with Crippen molar-refractivity contribution in [3.63, 3.8) is 0 Å². The topological polar surface area (TPSA) is 64.0 Å². The summed E-state index contributed by atoms with van der Waals surface area (Å²) in [5.41, 5.74) is 1.33. The number of nitrogens with zero attached hydrogens (tertiary/aromatic N) is 2. The van der Waals surface area contributed by atoms with Gasteiger partial charge in [-0.3, -0.25) is 14.2 Å². The average molecular weight is 465 g/mol. The molecule has 0 fully saturated rings. The summed E-state index contributed by atoms with van der Waals surface area (Å²) in [5.74, 6) is 0.0628. The van der Waals surface area contributed by atoms with Gasteiger partial charge in [-0.15, -0.1) is 0 Å². The molecule has 0 radical (unpaired) electrons. The first kappa shape index (κ1) is 17.9. The first-order valence-corrected chi connectivity index (χ1v) is 9.82. The molecule has 0 aliphatic rings. The Bertz CT molecular complexity index is 970. The van der Waals surface area contributed by atoms with Crippen molar-refractivity contribution in [3.05, 3.63) is 62.5 Å². The van der Waals surface area contributed by atoms with Gasteiger partial charge in [-0.2, -0.15) is 0 Å². The Balaban J connectivity index is 1.77. The van der Waals surface area contributed by atoms with Gasteiger partial charge in [0.15, 0.2) is 5.16 Å². The number of anilines is 1. The monoisotopic (exact) mass is 465 g/mol. The molecule has 0 saturated heterocycles. The molecule has 5 nitrogen and oxygen atoms in total. The van der Waals surface area contributed by atoms with Crippen molar-refractivity contribution in [2.75, 3.05) is 11.1 Å². The van der Waals surface area contributed by atoms with Crippen LogP contribution in [0.4, 0.5) is 5.69 Å². The maximum atomic E-state index is 12.6. The van der Waals surface area contributed by atoms with Crippen LogP contribution in [0.15, 0.2) is 58.5 Å². The van der Waals surface area contributed by atoms with Crippen LogP contribution in [0.1, 0.15) is 6.92 Å². The van der Waals surface area contributed by atoms with Crippen molar-refractivity contribution in [1.29, 1.82) is 0 Å². The van der Waals surface area contributed by atoms with E-state index in [1.54, 1.807) is 10.6 Å². The van der Waals surface area contributed by atoms with Crippen LogP contribution >= 0.6 is 34.4 Å². The first-order chi connectivity index (χ1) is 12.1. The molecule has 128 valence electrons. The molecule has 0 saturated carbocycles. The van der Waals surface area contributed by atoms with Crippen molar-refractivity contribution in [2.45, 2.75) is 18.6 Å². The fraction of sp³-hybridized carbons (Fsp3) is 0.167. The zero-order valence-corrected chi connectivity index (χ0v) is 16.5. The van der Waals surface area contributed by atoms with Crippen molar-refractivity contribution in [3.8, 4) is 0 Å². The maximum Gasteiger partial charge on any atom is 0.262 e. The maximum absolute atomic E-state index is 12.6. The SMILES string of the molecule is CCn1c(SCC(=O)Nc2ccc(I)cc2)nc2ccccc2c1=O. The van der Waals surface area contributed by atoms with Crippen LogP contribution in [0, 0.1) is 3.57 Å². The first-order valence-electron chi connectivity index (χ1n) is 7.76. The van der Waals surface area contributed by atoms with Gasteiger partial charge in [0.25, 0.3) is 5.56 Å². The number of rotatable bonds is 5. The number of thioether (sulfide) groups is 1. The molecule has 0 unspecified atom stereocenters. The number of aromatic nitrogens is 2. The lowest BCUT2D eigenvalue weighted by Crippen LogP contribution is -2.23. The summed E-state index contributed by atoms with van der Waals surface area (Å²) in [6, 6.07) is 14.9. The molecule has 3 aromatic rings. The average Bonchev–Trinajstić information content (AvgIpc) is 2.62. The Morgan fingerprint density at radius 2 is 1.92 bits per heavy atom. The Morgan fingerprint density at radius 3 is 2.64 bits per heavy atom. The molecule has 1 heterocycles. The second-order valence-electron chi connectivity index (χ2n) is 5.30. The van der Waals surface area contributed by atoms with E-state index in [1.165, 1.54) is 11.8 Å². The number of hydrogen-bond acceptors (Lipinski definition) is 4. The highest BCUT2D eigenvalue weighted by Gasteiger charge is 2.12. The van der Waals surface area contributed by atoms with Crippen molar-refractivity contribution < 1.29 is 4.79 Å². The standard InChI is InChI=1S/C18H16IN3O2S/c1-2-22-17(24)14-5-3-4-6-15(14)21-18(22)25-11-16(23)20-13-9-7-12(19)8-10-13/h3-10H,2,11H2,1H3,(H,20,23). The molecule has 2 aromatic carbocycles. The molecular formula is C18H16IN3O2S. The van der Waals surface area contributed by atoms with E-state index < -0.39 is 0 Å². The third-order valence-electron chi connectivity index (χ3n) is 3.60. The normalized spacial score (nSPS) is 10.8. The van der Waals surface area contributed by atoms with Gasteiger partial charge in [0.2, 0.25) is 5.91 Å². The fourth-order valence-electron chi connectivity index (χ4n) is 2.40. The summed E-state index contributed by atoms with van der Waals surface area (Å²) < 4.78 is 2.71. The van der Waals surface area contributed by atoms with E-state index in [2.05, 4.69) is 32.9 Å². The molecule has 1 aromatic heterocycles. The number of fused-ring (bicyclic) bond motifs is 1. The molecule has 0 bridgehead atoms. The van der Waals surface area contributed by atoms with Gasteiger partial charge in [-0.05, 0) is 65.9 Å². The number of para-hydroxylation sites is 1. The van der Waals surface area contributed by atoms with Gasteiger partial charge in [0.1, 0.15) is 0 Å². The summed E-state index contributed by atoms with van der Waals surface area (Å²) in [7, 11) is 0. The number of carbonyl (C=O) groups excluding carboxylic acids is 1. The van der Waals surface area contributed by atoms with Crippen molar-refractivity contribution >= 4 is 56.9 Å². The molecule has 0 spiro atoms. The van der Waals surface area contributed by atoms with Crippen LogP contribution < -0.4 is 10.9 Å². The van der Waals surface area contributed by atoms with Crippen molar-refractivity contribution in [1.82, 2.24) is 9.55 Å². The number of amides is 1. The van der Waals surface area contributed by atoms with E-state index in [1.807, 2.05) is 49.4 Å². The Hall–Kier alpha value is -1.87. The third-order valence-corrected chi connectivity index (χ3v) is 5.30. The smallest absolute Gasteiger partial charge is 0.262 e. The molecule has 7 heteroatoms. The lowest BCUT2D eigenvalue weighted by molar-refractivity contribution is -0.113. The van der Waals surface area contributed by atoms with Gasteiger partial charge in [-0.25, -0.2) is 4.98 Å². The van der Waals surface area contributed by atoms with Gasteiger partial charge in [0.05, 0.1) is 16.7 Å². The highest BCUT2D eigenvalue weighted by atomic mass is 127. The van der Waals surface area contributed by atoms with E-state index in [0.29, 0.717) is 22.6 Å². The van der Waals surface area contributed by atoms with Crippen LogP contribution in [0.3, 0.4) is 0 Å². The van der Waals surface area contributed by atoms with E-state index in [9.17, 15) is 9.59 Å². The minimum atomic E-state index is -0.128. The van der Waals surface area contributed by atoms with Gasteiger partial charge >= 0.3 is 0 Å². The number of benzene rings is 2. The summed E-state index contributed by atoms with van der Waals surface area (Å²) in [6.45, 7) is 2.41.